The zero-order valence-electron chi connectivity index (χ0n) is 10.6. The largest absolute Gasteiger partial charge is 0.316 e. The van der Waals surface area contributed by atoms with E-state index in [1.807, 2.05) is 36.4 Å². The number of benzene rings is 2. The van der Waals surface area contributed by atoms with Crippen LogP contribution in [-0.4, -0.2) is 9.55 Å². The SMILES string of the molecule is N#CCCn1c(=O)c(=O)[nH]c2ccc3ccccc3c21. The Kier molecular flexibility index (Phi) is 2.84. The van der Waals surface area contributed by atoms with Crippen LogP contribution >= 0.6 is 0 Å². The fourth-order valence-corrected chi connectivity index (χ4v) is 2.42. The second kappa shape index (κ2) is 4.67. The van der Waals surface area contributed by atoms with E-state index < -0.39 is 11.1 Å². The van der Waals surface area contributed by atoms with Crippen LogP contribution in [-0.2, 0) is 6.54 Å². The summed E-state index contributed by atoms with van der Waals surface area (Å²) in [4.78, 5) is 26.3. The summed E-state index contributed by atoms with van der Waals surface area (Å²) in [5.41, 5.74) is -0.0102. The maximum atomic E-state index is 12.0. The van der Waals surface area contributed by atoms with Crippen LogP contribution in [0.1, 0.15) is 6.42 Å². The van der Waals surface area contributed by atoms with Crippen molar-refractivity contribution in [1.82, 2.24) is 9.55 Å². The molecular weight excluding hydrogens is 254 g/mol. The van der Waals surface area contributed by atoms with Gasteiger partial charge in [0.2, 0.25) is 0 Å². The summed E-state index contributed by atoms with van der Waals surface area (Å²) >= 11 is 0. The number of hydrogen-bond acceptors (Lipinski definition) is 3. The van der Waals surface area contributed by atoms with Gasteiger partial charge in [-0.1, -0.05) is 30.3 Å². The lowest BCUT2D eigenvalue weighted by Gasteiger charge is -2.10. The highest BCUT2D eigenvalue weighted by molar-refractivity contribution is 6.03. The predicted octanol–water partition coefficient (Wildman–Crippen LogP) is 1.76. The number of aryl methyl sites for hydroxylation is 1. The monoisotopic (exact) mass is 265 g/mol. The molecule has 0 radical (unpaired) electrons. The second-order valence-corrected chi connectivity index (χ2v) is 4.50. The maximum Gasteiger partial charge on any atom is 0.316 e. The molecular formula is C15H11N3O2. The molecule has 0 fully saturated rings. The summed E-state index contributed by atoms with van der Waals surface area (Å²) < 4.78 is 1.39. The minimum atomic E-state index is -0.661. The zero-order chi connectivity index (χ0) is 14.1. The molecule has 0 atom stereocenters. The molecule has 1 heterocycles. The fourth-order valence-electron chi connectivity index (χ4n) is 2.42. The Morgan fingerprint density at radius 2 is 1.95 bits per heavy atom. The van der Waals surface area contributed by atoms with Gasteiger partial charge < -0.3 is 9.55 Å². The van der Waals surface area contributed by atoms with E-state index >= 15 is 0 Å². The van der Waals surface area contributed by atoms with Crippen LogP contribution < -0.4 is 11.1 Å². The van der Waals surface area contributed by atoms with Gasteiger partial charge >= 0.3 is 11.1 Å². The molecule has 1 aromatic heterocycles. The first-order valence-electron chi connectivity index (χ1n) is 6.24. The third kappa shape index (κ3) is 1.79. The van der Waals surface area contributed by atoms with Gasteiger partial charge in [-0.2, -0.15) is 5.26 Å². The molecule has 0 amide bonds. The lowest BCUT2D eigenvalue weighted by atomic mass is 10.1. The van der Waals surface area contributed by atoms with Crippen LogP contribution in [0.3, 0.4) is 0 Å². The summed E-state index contributed by atoms with van der Waals surface area (Å²) in [5, 5.41) is 10.6. The molecule has 1 N–H and O–H groups in total. The first-order chi connectivity index (χ1) is 9.72. The van der Waals surface area contributed by atoms with Gasteiger partial charge in [0.1, 0.15) is 0 Å². The van der Waals surface area contributed by atoms with E-state index in [0.717, 1.165) is 10.8 Å². The molecule has 0 saturated carbocycles. The molecule has 20 heavy (non-hydrogen) atoms. The van der Waals surface area contributed by atoms with Gasteiger partial charge in [0, 0.05) is 11.9 Å². The highest BCUT2D eigenvalue weighted by atomic mass is 16.2. The number of nitrogens with zero attached hydrogens (tertiary/aromatic N) is 2. The molecule has 0 spiro atoms. The van der Waals surface area contributed by atoms with Crippen molar-refractivity contribution < 1.29 is 0 Å². The van der Waals surface area contributed by atoms with Crippen LogP contribution in [0.4, 0.5) is 0 Å². The molecule has 0 unspecified atom stereocenters. The van der Waals surface area contributed by atoms with Crippen LogP contribution in [0.2, 0.25) is 0 Å². The minimum absolute atomic E-state index is 0.182. The molecule has 3 aromatic rings. The third-order valence-corrected chi connectivity index (χ3v) is 3.31. The molecule has 5 nitrogen and oxygen atoms in total. The number of nitriles is 1. The van der Waals surface area contributed by atoms with E-state index in [0.29, 0.717) is 11.0 Å². The van der Waals surface area contributed by atoms with Crippen LogP contribution in [0.25, 0.3) is 21.8 Å². The van der Waals surface area contributed by atoms with Crippen molar-refractivity contribution in [3.05, 3.63) is 57.1 Å². The second-order valence-electron chi connectivity index (χ2n) is 4.50. The van der Waals surface area contributed by atoms with E-state index in [2.05, 4.69) is 4.98 Å². The molecule has 0 aliphatic rings. The van der Waals surface area contributed by atoms with Crippen molar-refractivity contribution in [3.63, 3.8) is 0 Å². The highest BCUT2D eigenvalue weighted by Gasteiger charge is 2.10. The average Bonchev–Trinajstić information content (AvgIpc) is 2.47. The summed E-state index contributed by atoms with van der Waals surface area (Å²) in [7, 11) is 0. The van der Waals surface area contributed by atoms with Gasteiger partial charge in [0.05, 0.1) is 23.5 Å². The molecule has 0 aliphatic heterocycles. The molecule has 98 valence electrons. The maximum absolute atomic E-state index is 12.0. The van der Waals surface area contributed by atoms with Gasteiger partial charge in [-0.3, -0.25) is 9.59 Å². The van der Waals surface area contributed by atoms with Gasteiger partial charge in [-0.15, -0.1) is 0 Å². The molecule has 0 bridgehead atoms. The Bertz CT molecular complexity index is 961. The number of H-pyrrole nitrogens is 1. The number of rotatable bonds is 2. The van der Waals surface area contributed by atoms with Crippen LogP contribution in [0.15, 0.2) is 46.0 Å². The Labute approximate surface area is 113 Å². The van der Waals surface area contributed by atoms with Crippen molar-refractivity contribution in [2.24, 2.45) is 0 Å². The Balaban J connectivity index is 2.52. The summed E-state index contributed by atoms with van der Waals surface area (Å²) in [5.74, 6) is 0. The predicted molar refractivity (Wildman–Crippen MR) is 76.6 cm³/mol. The van der Waals surface area contributed by atoms with E-state index in [1.54, 1.807) is 6.07 Å². The van der Waals surface area contributed by atoms with Crippen molar-refractivity contribution in [1.29, 1.82) is 5.26 Å². The number of aromatic amines is 1. The number of hydrogen-bond donors (Lipinski definition) is 1. The molecule has 0 aliphatic carbocycles. The molecule has 5 heteroatoms. The zero-order valence-corrected chi connectivity index (χ0v) is 10.6. The first-order valence-corrected chi connectivity index (χ1v) is 6.24. The summed E-state index contributed by atoms with van der Waals surface area (Å²) in [6.45, 7) is 0.212. The Morgan fingerprint density at radius 3 is 2.75 bits per heavy atom. The lowest BCUT2D eigenvalue weighted by Crippen LogP contribution is -2.36. The van der Waals surface area contributed by atoms with Gasteiger partial charge in [-0.05, 0) is 11.5 Å². The molecule has 3 rings (SSSR count). The van der Waals surface area contributed by atoms with Gasteiger partial charge in [0.25, 0.3) is 0 Å². The standard InChI is InChI=1S/C15H11N3O2/c16-8-3-9-18-13-11-5-2-1-4-10(11)6-7-12(13)17-14(19)15(18)20/h1-2,4-7H,3,9H2,(H,17,19). The fraction of sp³-hybridized carbons (Fsp3) is 0.133. The van der Waals surface area contributed by atoms with Gasteiger partial charge in [-0.25, -0.2) is 0 Å². The number of fused-ring (bicyclic) bond motifs is 3. The van der Waals surface area contributed by atoms with Gasteiger partial charge in [0.15, 0.2) is 0 Å². The molecule has 0 saturated heterocycles. The Hall–Kier alpha value is -2.87. The quantitative estimate of drug-likeness (QED) is 0.566. The van der Waals surface area contributed by atoms with E-state index in [-0.39, 0.29) is 13.0 Å². The normalized spacial score (nSPS) is 10.8. The van der Waals surface area contributed by atoms with E-state index in [1.165, 1.54) is 4.57 Å². The van der Waals surface area contributed by atoms with Crippen LogP contribution in [0, 0.1) is 11.3 Å². The first kappa shape index (κ1) is 12.2. The smallest absolute Gasteiger partial charge is 0.316 e. The van der Waals surface area contributed by atoms with E-state index in [9.17, 15) is 9.59 Å². The Morgan fingerprint density at radius 1 is 1.15 bits per heavy atom. The average molecular weight is 265 g/mol. The van der Waals surface area contributed by atoms with Crippen molar-refractivity contribution in [2.75, 3.05) is 0 Å². The summed E-state index contributed by atoms with van der Waals surface area (Å²) in [6.07, 6.45) is 0.182. The number of nitrogens with one attached hydrogen (secondary N) is 1. The third-order valence-electron chi connectivity index (χ3n) is 3.31. The van der Waals surface area contributed by atoms with Crippen molar-refractivity contribution >= 4 is 21.8 Å². The number of aromatic nitrogens is 2. The van der Waals surface area contributed by atoms with E-state index in [4.69, 9.17) is 5.26 Å². The van der Waals surface area contributed by atoms with Crippen LogP contribution in [0.5, 0.6) is 0 Å². The lowest BCUT2D eigenvalue weighted by molar-refractivity contribution is 0.704. The summed E-state index contributed by atoms with van der Waals surface area (Å²) in [6, 6.07) is 13.3. The molecule has 2 aromatic carbocycles. The van der Waals surface area contributed by atoms with Crippen molar-refractivity contribution in [3.8, 4) is 6.07 Å². The topological polar surface area (TPSA) is 78.7 Å². The van der Waals surface area contributed by atoms with Crippen molar-refractivity contribution in [2.45, 2.75) is 13.0 Å². The highest BCUT2D eigenvalue weighted by Crippen LogP contribution is 2.22. The minimum Gasteiger partial charge on any atom is -0.316 e.